The van der Waals surface area contributed by atoms with Crippen LogP contribution in [0, 0.1) is 17.8 Å². The fourth-order valence-electron chi connectivity index (χ4n) is 2.62. The molecule has 0 amide bonds. The van der Waals surface area contributed by atoms with Gasteiger partial charge in [-0.2, -0.15) is 0 Å². The second kappa shape index (κ2) is 7.45. The summed E-state index contributed by atoms with van der Waals surface area (Å²) in [6.07, 6.45) is -0.166. The fourth-order valence-corrected chi connectivity index (χ4v) is 2.62. The van der Waals surface area contributed by atoms with E-state index >= 15 is 0 Å². The average Bonchev–Trinajstić information content (AvgIpc) is 2.65. The molecule has 0 N–H and O–H groups in total. The molecule has 2 aromatic rings. The van der Waals surface area contributed by atoms with Crippen molar-refractivity contribution in [1.82, 2.24) is 0 Å². The summed E-state index contributed by atoms with van der Waals surface area (Å²) in [5.74, 6) is 5.54. The molecule has 3 rings (SSSR count). The topological polar surface area (TPSA) is 52.6 Å². The molecule has 1 aliphatic rings. The van der Waals surface area contributed by atoms with Gasteiger partial charge in [0, 0.05) is 5.56 Å². The Hall–Kier alpha value is -3.06. The number of carbonyl (C=O) groups is 2. The number of para-hydroxylation sites is 1. The van der Waals surface area contributed by atoms with Crippen molar-refractivity contribution in [2.24, 2.45) is 5.92 Å². The highest BCUT2D eigenvalue weighted by Gasteiger charge is 2.47. The molecule has 1 atom stereocenters. The summed E-state index contributed by atoms with van der Waals surface area (Å²) in [5.41, 5.74) is -0.435. The van der Waals surface area contributed by atoms with Crippen LogP contribution in [0.3, 0.4) is 0 Å². The zero-order chi connectivity index (χ0) is 18.6. The van der Waals surface area contributed by atoms with Gasteiger partial charge in [0.05, 0.1) is 18.6 Å². The Kier molecular flexibility index (Phi) is 5.09. The van der Waals surface area contributed by atoms with Gasteiger partial charge in [-0.3, -0.25) is 4.79 Å². The number of esters is 1. The first kappa shape index (κ1) is 17.8. The first-order valence-electron chi connectivity index (χ1n) is 8.57. The van der Waals surface area contributed by atoms with Crippen molar-refractivity contribution >= 4 is 11.8 Å². The van der Waals surface area contributed by atoms with Crippen LogP contribution in [0.4, 0.5) is 0 Å². The van der Waals surface area contributed by atoms with Crippen molar-refractivity contribution in [3.63, 3.8) is 0 Å². The standard InChI is InChI=1S/C22H20O4/c1-16(2)15-25-21(24)22(13-12-17-8-4-3-5-9-17)14-19(23)18-10-6-7-11-20(18)26-22/h3-11,16H,14-15H2,1-2H3/t22-/m0/s1. The lowest BCUT2D eigenvalue weighted by atomic mass is 9.90. The molecule has 4 heteroatoms. The Morgan fingerprint density at radius 2 is 1.85 bits per heavy atom. The van der Waals surface area contributed by atoms with E-state index < -0.39 is 11.6 Å². The van der Waals surface area contributed by atoms with E-state index in [1.165, 1.54) is 0 Å². The summed E-state index contributed by atoms with van der Waals surface area (Å²) < 4.78 is 11.3. The van der Waals surface area contributed by atoms with Crippen molar-refractivity contribution in [3.8, 4) is 17.6 Å². The lowest BCUT2D eigenvalue weighted by molar-refractivity contribution is -0.158. The number of ketones is 1. The quantitative estimate of drug-likeness (QED) is 0.628. The van der Waals surface area contributed by atoms with Gasteiger partial charge < -0.3 is 9.47 Å². The van der Waals surface area contributed by atoms with E-state index in [0.29, 0.717) is 11.3 Å². The molecule has 0 aliphatic carbocycles. The van der Waals surface area contributed by atoms with Crippen LogP contribution >= 0.6 is 0 Å². The molecule has 2 aromatic carbocycles. The Labute approximate surface area is 153 Å². The first-order valence-corrected chi connectivity index (χ1v) is 8.57. The van der Waals surface area contributed by atoms with E-state index in [2.05, 4.69) is 11.8 Å². The number of hydrogen-bond donors (Lipinski definition) is 0. The van der Waals surface area contributed by atoms with Crippen molar-refractivity contribution in [1.29, 1.82) is 0 Å². The van der Waals surface area contributed by atoms with Crippen LogP contribution < -0.4 is 4.74 Å². The van der Waals surface area contributed by atoms with Crippen molar-refractivity contribution in [2.45, 2.75) is 25.9 Å². The summed E-state index contributed by atoms with van der Waals surface area (Å²) >= 11 is 0. The lowest BCUT2D eigenvalue weighted by Crippen LogP contribution is -2.49. The monoisotopic (exact) mass is 348 g/mol. The number of rotatable bonds is 3. The molecule has 4 nitrogen and oxygen atoms in total. The maximum atomic E-state index is 12.8. The smallest absolute Gasteiger partial charge is 0.364 e. The van der Waals surface area contributed by atoms with E-state index in [1.54, 1.807) is 24.3 Å². The summed E-state index contributed by atoms with van der Waals surface area (Å²) in [4.78, 5) is 25.4. The minimum absolute atomic E-state index is 0.166. The highest BCUT2D eigenvalue weighted by Crippen LogP contribution is 2.34. The predicted molar refractivity (Wildman–Crippen MR) is 97.9 cm³/mol. The van der Waals surface area contributed by atoms with Crippen molar-refractivity contribution in [2.75, 3.05) is 6.61 Å². The third-order valence-corrected chi connectivity index (χ3v) is 3.94. The molecule has 1 aliphatic heterocycles. The number of hydrogen-bond acceptors (Lipinski definition) is 4. The summed E-state index contributed by atoms with van der Waals surface area (Å²) in [5, 5.41) is 0. The second-order valence-corrected chi connectivity index (χ2v) is 6.63. The van der Waals surface area contributed by atoms with Crippen LogP contribution in [0.25, 0.3) is 0 Å². The first-order chi connectivity index (χ1) is 12.5. The zero-order valence-electron chi connectivity index (χ0n) is 14.8. The van der Waals surface area contributed by atoms with Crippen LogP contribution in [-0.4, -0.2) is 24.0 Å². The molecule has 0 spiro atoms. The third kappa shape index (κ3) is 3.78. The van der Waals surface area contributed by atoms with E-state index in [0.717, 1.165) is 5.56 Å². The van der Waals surface area contributed by atoms with Crippen LogP contribution in [-0.2, 0) is 9.53 Å². The number of Topliss-reactive ketones (excluding diaryl/α,β-unsaturated/α-hetero) is 1. The molecule has 26 heavy (non-hydrogen) atoms. The molecule has 0 radical (unpaired) electrons. The van der Waals surface area contributed by atoms with Gasteiger partial charge in [0.15, 0.2) is 5.78 Å². The molecule has 0 saturated heterocycles. The van der Waals surface area contributed by atoms with E-state index in [9.17, 15) is 9.59 Å². The lowest BCUT2D eigenvalue weighted by Gasteiger charge is -2.31. The summed E-state index contributed by atoms with van der Waals surface area (Å²) in [6, 6.07) is 16.1. The van der Waals surface area contributed by atoms with Gasteiger partial charge in [-0.1, -0.05) is 50.1 Å². The van der Waals surface area contributed by atoms with Gasteiger partial charge in [0.25, 0.3) is 5.60 Å². The van der Waals surface area contributed by atoms with Crippen LogP contribution in [0.15, 0.2) is 54.6 Å². The molecule has 132 valence electrons. The van der Waals surface area contributed by atoms with Gasteiger partial charge >= 0.3 is 5.97 Å². The number of carbonyl (C=O) groups excluding carboxylic acids is 2. The second-order valence-electron chi connectivity index (χ2n) is 6.63. The van der Waals surface area contributed by atoms with Gasteiger partial charge in [0.1, 0.15) is 5.75 Å². The largest absolute Gasteiger partial charge is 0.462 e. The van der Waals surface area contributed by atoms with Crippen LogP contribution in [0.1, 0.15) is 36.2 Å². The SMILES string of the molecule is CC(C)COC(=O)[C@]1(C#Cc2ccccc2)CC(=O)c2ccccc2O1. The maximum absolute atomic E-state index is 12.8. The Balaban J connectivity index is 1.99. The normalized spacial score (nSPS) is 18.3. The Bertz CT molecular complexity index is 874. The molecule has 0 unspecified atom stereocenters. The molecule has 0 aromatic heterocycles. The highest BCUT2D eigenvalue weighted by atomic mass is 16.6. The molecule has 0 bridgehead atoms. The summed E-state index contributed by atoms with van der Waals surface area (Å²) in [7, 11) is 0. The van der Waals surface area contributed by atoms with Crippen molar-refractivity contribution < 1.29 is 19.1 Å². The molecular weight excluding hydrogens is 328 g/mol. The molecule has 0 fully saturated rings. The van der Waals surface area contributed by atoms with E-state index in [4.69, 9.17) is 9.47 Å². The fraction of sp³-hybridized carbons (Fsp3) is 0.273. The van der Waals surface area contributed by atoms with Gasteiger partial charge in [-0.25, -0.2) is 4.79 Å². The zero-order valence-corrected chi connectivity index (χ0v) is 14.8. The Morgan fingerprint density at radius 1 is 1.15 bits per heavy atom. The minimum Gasteiger partial charge on any atom is -0.462 e. The molecule has 1 heterocycles. The van der Waals surface area contributed by atoms with E-state index in [-0.39, 0.29) is 24.7 Å². The number of benzene rings is 2. The van der Waals surface area contributed by atoms with Gasteiger partial charge in [-0.05, 0) is 36.1 Å². The van der Waals surface area contributed by atoms with Crippen LogP contribution in [0.2, 0.25) is 0 Å². The van der Waals surface area contributed by atoms with Gasteiger partial charge in [-0.15, -0.1) is 0 Å². The molecular formula is C22H20O4. The van der Waals surface area contributed by atoms with Gasteiger partial charge in [0.2, 0.25) is 0 Å². The minimum atomic E-state index is -1.63. The highest BCUT2D eigenvalue weighted by molar-refractivity contribution is 6.05. The molecule has 0 saturated carbocycles. The maximum Gasteiger partial charge on any atom is 0.364 e. The Morgan fingerprint density at radius 3 is 2.58 bits per heavy atom. The van der Waals surface area contributed by atoms with Crippen molar-refractivity contribution in [3.05, 3.63) is 65.7 Å². The van der Waals surface area contributed by atoms with E-state index in [1.807, 2.05) is 44.2 Å². The van der Waals surface area contributed by atoms with Crippen LogP contribution in [0.5, 0.6) is 5.75 Å². The predicted octanol–water partition coefficient (Wildman–Crippen LogP) is 3.64. The number of fused-ring (bicyclic) bond motifs is 1. The number of ether oxygens (including phenoxy) is 2. The summed E-state index contributed by atoms with van der Waals surface area (Å²) in [6.45, 7) is 4.13. The average molecular weight is 348 g/mol. The third-order valence-electron chi connectivity index (χ3n) is 3.94.